The molecule has 0 radical (unpaired) electrons. The number of aryl methyl sites for hydroxylation is 1. The molecule has 0 saturated carbocycles. The number of hydrogen-bond acceptors (Lipinski definition) is 3. The topological polar surface area (TPSA) is 55.9 Å². The highest BCUT2D eigenvalue weighted by Crippen LogP contribution is 2.31. The van der Waals surface area contributed by atoms with Crippen LogP contribution in [0.15, 0.2) is 30.5 Å². The molecule has 4 heteroatoms. The van der Waals surface area contributed by atoms with Crippen molar-refractivity contribution in [3.05, 3.63) is 41.7 Å². The van der Waals surface area contributed by atoms with Crippen molar-refractivity contribution in [2.45, 2.75) is 45.2 Å². The van der Waals surface area contributed by atoms with Crippen LogP contribution in [0, 0.1) is 0 Å². The summed E-state index contributed by atoms with van der Waals surface area (Å²) >= 11 is 0. The minimum Gasteiger partial charge on any atom is -0.399 e. The molecule has 0 saturated heterocycles. The van der Waals surface area contributed by atoms with Crippen molar-refractivity contribution in [2.75, 3.05) is 11.1 Å². The average Bonchev–Trinajstić information content (AvgIpc) is 2.82. The second kappa shape index (κ2) is 4.54. The van der Waals surface area contributed by atoms with Crippen LogP contribution in [0.25, 0.3) is 0 Å². The molecule has 0 spiro atoms. The second-order valence-corrected chi connectivity index (χ2v) is 6.55. The molecule has 1 aliphatic heterocycles. The van der Waals surface area contributed by atoms with Gasteiger partial charge < -0.3 is 15.6 Å². The molecule has 2 aromatic rings. The quantitative estimate of drug-likeness (QED) is 0.782. The summed E-state index contributed by atoms with van der Waals surface area (Å²) in [5, 5.41) is 3.54. The maximum Gasteiger partial charge on any atom is 0.203 e. The highest BCUT2D eigenvalue weighted by Gasteiger charge is 2.24. The van der Waals surface area contributed by atoms with Crippen LogP contribution < -0.4 is 11.1 Å². The van der Waals surface area contributed by atoms with E-state index >= 15 is 0 Å². The van der Waals surface area contributed by atoms with E-state index in [1.165, 1.54) is 5.56 Å². The number of nitrogens with two attached hydrogens (primary N) is 1. The van der Waals surface area contributed by atoms with Crippen molar-refractivity contribution in [1.82, 2.24) is 9.55 Å². The van der Waals surface area contributed by atoms with Gasteiger partial charge in [0, 0.05) is 23.8 Å². The summed E-state index contributed by atoms with van der Waals surface area (Å²) in [5.74, 6) is 0.975. The van der Waals surface area contributed by atoms with E-state index in [2.05, 4.69) is 49.0 Å². The van der Waals surface area contributed by atoms with E-state index in [0.29, 0.717) is 6.04 Å². The normalized spacial score (nSPS) is 18.4. The number of fused-ring (bicyclic) bond motifs is 1. The highest BCUT2D eigenvalue weighted by molar-refractivity contribution is 5.43. The van der Waals surface area contributed by atoms with Gasteiger partial charge in [-0.3, -0.25) is 0 Å². The first-order valence-electron chi connectivity index (χ1n) is 7.13. The fourth-order valence-electron chi connectivity index (χ4n) is 2.54. The Hall–Kier alpha value is -1.97. The van der Waals surface area contributed by atoms with E-state index in [1.807, 2.05) is 12.1 Å². The third-order valence-electron chi connectivity index (χ3n) is 3.85. The van der Waals surface area contributed by atoms with Gasteiger partial charge in [-0.1, -0.05) is 32.9 Å². The van der Waals surface area contributed by atoms with E-state index in [0.717, 1.165) is 30.3 Å². The van der Waals surface area contributed by atoms with Gasteiger partial charge in [-0.25, -0.2) is 4.98 Å². The number of rotatable bonds is 1. The van der Waals surface area contributed by atoms with Crippen LogP contribution in [-0.2, 0) is 12.0 Å². The molecule has 3 N–H and O–H groups in total. The standard InChI is InChI=1S/C16H22N4/c1-16(2,3)14-10-20-9-8-13(18-15(20)19-14)11-4-6-12(17)7-5-11/h4-7,10,13H,8-9,17H2,1-3H3,(H,18,19). The van der Waals surface area contributed by atoms with Crippen LogP contribution >= 0.6 is 0 Å². The summed E-state index contributed by atoms with van der Waals surface area (Å²) in [7, 11) is 0. The van der Waals surface area contributed by atoms with Crippen molar-refractivity contribution in [3.8, 4) is 0 Å². The van der Waals surface area contributed by atoms with Crippen molar-refractivity contribution in [3.63, 3.8) is 0 Å². The Morgan fingerprint density at radius 2 is 1.95 bits per heavy atom. The summed E-state index contributed by atoms with van der Waals surface area (Å²) in [5.41, 5.74) is 9.05. The third kappa shape index (κ3) is 2.38. The van der Waals surface area contributed by atoms with Gasteiger partial charge in [-0.2, -0.15) is 0 Å². The van der Waals surface area contributed by atoms with Crippen molar-refractivity contribution >= 4 is 11.6 Å². The first-order valence-corrected chi connectivity index (χ1v) is 7.13. The predicted molar refractivity (Wildman–Crippen MR) is 82.8 cm³/mol. The molecular formula is C16H22N4. The minimum atomic E-state index is 0.0860. The van der Waals surface area contributed by atoms with Crippen LogP contribution in [0.1, 0.15) is 44.5 Å². The fourth-order valence-corrected chi connectivity index (χ4v) is 2.54. The Balaban J connectivity index is 1.85. The van der Waals surface area contributed by atoms with Gasteiger partial charge in [0.2, 0.25) is 5.95 Å². The largest absolute Gasteiger partial charge is 0.399 e. The lowest BCUT2D eigenvalue weighted by Gasteiger charge is -2.25. The van der Waals surface area contributed by atoms with Crippen LogP contribution in [-0.4, -0.2) is 9.55 Å². The molecule has 4 nitrogen and oxygen atoms in total. The summed E-state index contributed by atoms with van der Waals surface area (Å²) in [6.07, 6.45) is 3.23. The zero-order chi connectivity index (χ0) is 14.3. The monoisotopic (exact) mass is 270 g/mol. The molecule has 1 unspecified atom stereocenters. The minimum absolute atomic E-state index is 0.0860. The van der Waals surface area contributed by atoms with Crippen LogP contribution in [0.3, 0.4) is 0 Å². The van der Waals surface area contributed by atoms with Crippen LogP contribution in [0.4, 0.5) is 11.6 Å². The molecular weight excluding hydrogens is 248 g/mol. The molecule has 106 valence electrons. The Morgan fingerprint density at radius 3 is 2.60 bits per heavy atom. The van der Waals surface area contributed by atoms with Gasteiger partial charge in [-0.15, -0.1) is 0 Å². The molecule has 1 aromatic heterocycles. The predicted octanol–water partition coefficient (Wildman–Crippen LogP) is 3.32. The molecule has 0 bridgehead atoms. The van der Waals surface area contributed by atoms with Crippen LogP contribution in [0.5, 0.6) is 0 Å². The molecule has 1 aromatic carbocycles. The fraction of sp³-hybridized carbons (Fsp3) is 0.438. The summed E-state index contributed by atoms with van der Waals surface area (Å²) in [4.78, 5) is 4.74. The van der Waals surface area contributed by atoms with Gasteiger partial charge in [0.25, 0.3) is 0 Å². The van der Waals surface area contributed by atoms with E-state index in [-0.39, 0.29) is 5.41 Å². The Morgan fingerprint density at radius 1 is 1.25 bits per heavy atom. The van der Waals surface area contributed by atoms with Gasteiger partial charge in [0.1, 0.15) is 0 Å². The maximum absolute atomic E-state index is 5.75. The zero-order valence-electron chi connectivity index (χ0n) is 12.4. The van der Waals surface area contributed by atoms with Gasteiger partial charge in [0.05, 0.1) is 11.7 Å². The molecule has 0 amide bonds. The number of benzene rings is 1. The molecule has 2 heterocycles. The number of nitrogen functional groups attached to an aromatic ring is 1. The molecule has 20 heavy (non-hydrogen) atoms. The van der Waals surface area contributed by atoms with Crippen molar-refractivity contribution < 1.29 is 0 Å². The van der Waals surface area contributed by atoms with Gasteiger partial charge in [-0.05, 0) is 24.1 Å². The van der Waals surface area contributed by atoms with Crippen molar-refractivity contribution in [1.29, 1.82) is 0 Å². The van der Waals surface area contributed by atoms with Crippen LogP contribution in [0.2, 0.25) is 0 Å². The van der Waals surface area contributed by atoms with Crippen molar-refractivity contribution in [2.24, 2.45) is 0 Å². The van der Waals surface area contributed by atoms with E-state index in [9.17, 15) is 0 Å². The van der Waals surface area contributed by atoms with E-state index < -0.39 is 0 Å². The van der Waals surface area contributed by atoms with E-state index in [4.69, 9.17) is 10.7 Å². The number of anilines is 2. The lowest BCUT2D eigenvalue weighted by Crippen LogP contribution is -2.21. The number of imidazole rings is 1. The lowest BCUT2D eigenvalue weighted by atomic mass is 9.93. The smallest absolute Gasteiger partial charge is 0.203 e. The SMILES string of the molecule is CC(C)(C)c1cn2c(n1)NC(c1ccc(N)cc1)CC2. The lowest BCUT2D eigenvalue weighted by molar-refractivity contribution is 0.541. The first-order chi connectivity index (χ1) is 9.43. The van der Waals surface area contributed by atoms with Gasteiger partial charge >= 0.3 is 0 Å². The number of aromatic nitrogens is 2. The Labute approximate surface area is 120 Å². The molecule has 0 fully saturated rings. The summed E-state index contributed by atoms with van der Waals surface area (Å²) in [6.45, 7) is 7.58. The third-order valence-corrected chi connectivity index (χ3v) is 3.85. The molecule has 0 aliphatic carbocycles. The van der Waals surface area contributed by atoms with E-state index in [1.54, 1.807) is 0 Å². The number of nitrogens with one attached hydrogen (secondary N) is 1. The average molecular weight is 270 g/mol. The molecule has 3 rings (SSSR count). The number of nitrogens with zero attached hydrogens (tertiary/aromatic N) is 2. The molecule has 1 aliphatic rings. The molecule has 1 atom stereocenters. The second-order valence-electron chi connectivity index (χ2n) is 6.55. The zero-order valence-corrected chi connectivity index (χ0v) is 12.4. The highest BCUT2D eigenvalue weighted by atomic mass is 15.2. The number of hydrogen-bond donors (Lipinski definition) is 2. The first kappa shape index (κ1) is 13.0. The maximum atomic E-state index is 5.75. The summed E-state index contributed by atoms with van der Waals surface area (Å²) in [6, 6.07) is 8.42. The Bertz CT molecular complexity index is 604. The summed E-state index contributed by atoms with van der Waals surface area (Å²) < 4.78 is 2.22. The Kier molecular flexibility index (Phi) is 2.96. The van der Waals surface area contributed by atoms with Gasteiger partial charge in [0.15, 0.2) is 0 Å².